The highest BCUT2D eigenvalue weighted by Gasteiger charge is 2.23. The number of hydrogen-bond acceptors (Lipinski definition) is 4. The lowest BCUT2D eigenvalue weighted by Crippen LogP contribution is -2.50. The Labute approximate surface area is 163 Å². The van der Waals surface area contributed by atoms with Crippen molar-refractivity contribution in [1.82, 2.24) is 16.0 Å². The number of rotatable bonds is 7. The summed E-state index contributed by atoms with van der Waals surface area (Å²) >= 11 is 13.4. The minimum atomic E-state index is -1.35. The summed E-state index contributed by atoms with van der Waals surface area (Å²) in [7, 11) is 0. The monoisotopic (exact) mass is 415 g/mol. The summed E-state index contributed by atoms with van der Waals surface area (Å²) in [4.78, 5) is 35.4. The highest BCUT2D eigenvalue weighted by molar-refractivity contribution is 7.07. The van der Waals surface area contributed by atoms with Gasteiger partial charge in [-0.05, 0) is 34.5 Å². The number of carbonyl (C=O) groups excluding carboxylic acids is 2. The number of carboxylic acids is 1. The van der Waals surface area contributed by atoms with E-state index in [-0.39, 0.29) is 22.2 Å². The van der Waals surface area contributed by atoms with Crippen molar-refractivity contribution in [1.29, 1.82) is 0 Å². The first-order valence-corrected chi connectivity index (χ1v) is 9.09. The van der Waals surface area contributed by atoms with Gasteiger partial charge >= 0.3 is 12.0 Å². The van der Waals surface area contributed by atoms with Crippen molar-refractivity contribution < 1.29 is 19.5 Å². The van der Waals surface area contributed by atoms with E-state index in [1.165, 1.54) is 23.5 Å². The third-order valence-corrected chi connectivity index (χ3v) is 4.66. The number of urea groups is 1. The maximum absolute atomic E-state index is 12.3. The Bertz CT molecular complexity index is 779. The average molecular weight is 416 g/mol. The molecule has 0 saturated heterocycles. The molecule has 1 heterocycles. The lowest BCUT2D eigenvalue weighted by molar-refractivity contribution is -0.139. The van der Waals surface area contributed by atoms with Crippen LogP contribution in [0, 0.1) is 0 Å². The van der Waals surface area contributed by atoms with Gasteiger partial charge < -0.3 is 21.1 Å². The van der Waals surface area contributed by atoms with Crippen LogP contribution in [0.25, 0.3) is 0 Å². The molecule has 1 aromatic carbocycles. The van der Waals surface area contributed by atoms with Crippen LogP contribution in [0.4, 0.5) is 4.79 Å². The van der Waals surface area contributed by atoms with Crippen LogP contribution in [-0.4, -0.2) is 35.6 Å². The number of benzene rings is 1. The zero-order chi connectivity index (χ0) is 19.1. The molecule has 0 bridgehead atoms. The van der Waals surface area contributed by atoms with Gasteiger partial charge in [0.2, 0.25) is 0 Å². The zero-order valence-corrected chi connectivity index (χ0v) is 15.6. The third kappa shape index (κ3) is 5.62. The normalized spacial score (nSPS) is 11.5. The Morgan fingerprint density at radius 2 is 1.81 bits per heavy atom. The first-order valence-electron chi connectivity index (χ1n) is 7.39. The van der Waals surface area contributed by atoms with Crippen LogP contribution in [-0.2, 0) is 11.3 Å². The lowest BCUT2D eigenvalue weighted by atomic mass is 10.2. The van der Waals surface area contributed by atoms with Gasteiger partial charge in [-0.1, -0.05) is 29.3 Å². The summed E-state index contributed by atoms with van der Waals surface area (Å²) in [6.07, 6.45) is 0. The quantitative estimate of drug-likeness (QED) is 0.557. The number of hydrogen-bond donors (Lipinski definition) is 4. The van der Waals surface area contributed by atoms with Crippen LogP contribution in [0.3, 0.4) is 0 Å². The van der Waals surface area contributed by atoms with Gasteiger partial charge in [0.05, 0.1) is 22.2 Å². The molecule has 0 fully saturated rings. The summed E-state index contributed by atoms with van der Waals surface area (Å²) in [6, 6.07) is 4.46. The van der Waals surface area contributed by atoms with Crippen molar-refractivity contribution in [3.05, 3.63) is 56.2 Å². The van der Waals surface area contributed by atoms with Crippen LogP contribution < -0.4 is 16.0 Å². The standard InChI is InChI=1S/C16H15Cl2N3O4S/c17-10-2-1-3-11(18)13(10)14(22)21-12(15(23)24)7-20-16(25)19-6-9-4-5-26-8-9/h1-5,8,12H,6-7H2,(H,21,22)(H,23,24)(H2,19,20,25)/t12-/m0/s1. The highest BCUT2D eigenvalue weighted by atomic mass is 35.5. The van der Waals surface area contributed by atoms with Crippen LogP contribution in [0.1, 0.15) is 15.9 Å². The number of carbonyl (C=O) groups is 3. The van der Waals surface area contributed by atoms with E-state index in [1.54, 1.807) is 6.07 Å². The molecule has 0 radical (unpaired) electrons. The van der Waals surface area contributed by atoms with Crippen LogP contribution in [0.2, 0.25) is 10.0 Å². The molecule has 2 rings (SSSR count). The summed E-state index contributed by atoms with van der Waals surface area (Å²) in [5.41, 5.74) is 0.908. The number of aliphatic carboxylic acids is 1. The highest BCUT2D eigenvalue weighted by Crippen LogP contribution is 2.24. The molecule has 138 valence electrons. The van der Waals surface area contributed by atoms with E-state index in [9.17, 15) is 19.5 Å². The van der Waals surface area contributed by atoms with Crippen molar-refractivity contribution in [2.45, 2.75) is 12.6 Å². The molecule has 0 aliphatic heterocycles. The second kappa shape index (κ2) is 9.42. The second-order valence-corrected chi connectivity index (χ2v) is 6.75. The maximum Gasteiger partial charge on any atom is 0.328 e. The van der Waals surface area contributed by atoms with E-state index in [0.717, 1.165) is 5.56 Å². The van der Waals surface area contributed by atoms with Gasteiger partial charge in [0.1, 0.15) is 6.04 Å². The Morgan fingerprint density at radius 1 is 1.12 bits per heavy atom. The first kappa shape index (κ1) is 20.0. The predicted octanol–water partition coefficient (Wildman–Crippen LogP) is 2.74. The van der Waals surface area contributed by atoms with Crippen LogP contribution >= 0.6 is 34.5 Å². The number of nitrogens with one attached hydrogen (secondary N) is 3. The van der Waals surface area contributed by atoms with E-state index in [1.807, 2.05) is 16.8 Å². The van der Waals surface area contributed by atoms with Gasteiger partial charge in [-0.25, -0.2) is 9.59 Å². The topological polar surface area (TPSA) is 108 Å². The molecular weight excluding hydrogens is 401 g/mol. The molecule has 0 saturated carbocycles. The van der Waals surface area contributed by atoms with Crippen molar-refractivity contribution in [3.63, 3.8) is 0 Å². The van der Waals surface area contributed by atoms with Gasteiger partial charge in [-0.2, -0.15) is 11.3 Å². The van der Waals surface area contributed by atoms with E-state index in [0.29, 0.717) is 6.54 Å². The first-order chi connectivity index (χ1) is 12.4. The number of halogens is 2. The second-order valence-electron chi connectivity index (χ2n) is 5.16. The number of carboxylic acid groups (broad SMARTS) is 1. The van der Waals surface area contributed by atoms with E-state index in [4.69, 9.17) is 23.2 Å². The van der Waals surface area contributed by atoms with Gasteiger partial charge in [0, 0.05) is 6.54 Å². The van der Waals surface area contributed by atoms with Gasteiger partial charge in [-0.15, -0.1) is 0 Å². The Morgan fingerprint density at radius 3 is 2.38 bits per heavy atom. The van der Waals surface area contributed by atoms with Gasteiger partial charge in [0.15, 0.2) is 0 Å². The van der Waals surface area contributed by atoms with Crippen LogP contribution in [0.15, 0.2) is 35.0 Å². The maximum atomic E-state index is 12.3. The zero-order valence-electron chi connectivity index (χ0n) is 13.3. The van der Waals surface area contributed by atoms with E-state index >= 15 is 0 Å². The molecule has 0 aliphatic rings. The molecule has 26 heavy (non-hydrogen) atoms. The molecule has 0 spiro atoms. The summed E-state index contributed by atoms with van der Waals surface area (Å²) in [6.45, 7) is 0.00722. The van der Waals surface area contributed by atoms with Crippen molar-refractivity contribution >= 4 is 52.4 Å². The van der Waals surface area contributed by atoms with Crippen molar-refractivity contribution in [3.8, 4) is 0 Å². The molecule has 3 amide bonds. The molecule has 0 aliphatic carbocycles. The summed E-state index contributed by atoms with van der Waals surface area (Å²) in [5.74, 6) is -2.05. The Hall–Kier alpha value is -2.29. The minimum absolute atomic E-state index is 0.0241. The largest absolute Gasteiger partial charge is 0.480 e. The molecule has 1 aromatic heterocycles. The summed E-state index contributed by atoms with van der Waals surface area (Å²) in [5, 5.41) is 20.5. The summed E-state index contributed by atoms with van der Waals surface area (Å²) < 4.78 is 0. The van der Waals surface area contributed by atoms with Gasteiger partial charge in [0.25, 0.3) is 5.91 Å². The predicted molar refractivity (Wildman–Crippen MR) is 99.9 cm³/mol. The van der Waals surface area contributed by atoms with Crippen molar-refractivity contribution in [2.24, 2.45) is 0 Å². The average Bonchev–Trinajstić information content (AvgIpc) is 3.09. The van der Waals surface area contributed by atoms with Crippen LogP contribution in [0.5, 0.6) is 0 Å². The number of thiophene rings is 1. The third-order valence-electron chi connectivity index (χ3n) is 3.29. The SMILES string of the molecule is O=C(NCc1ccsc1)NC[C@H](NC(=O)c1c(Cl)cccc1Cl)C(=O)O. The molecule has 7 nitrogen and oxygen atoms in total. The van der Waals surface area contributed by atoms with E-state index in [2.05, 4.69) is 16.0 Å². The fourth-order valence-electron chi connectivity index (χ4n) is 1.98. The molecule has 0 unspecified atom stereocenters. The molecule has 1 atom stereocenters. The van der Waals surface area contributed by atoms with Crippen molar-refractivity contribution in [2.75, 3.05) is 6.54 Å². The molecule has 10 heteroatoms. The number of amides is 3. The smallest absolute Gasteiger partial charge is 0.328 e. The Balaban J connectivity index is 1.91. The molecule has 4 N–H and O–H groups in total. The Kier molecular flexibility index (Phi) is 7.26. The van der Waals surface area contributed by atoms with Gasteiger partial charge in [-0.3, -0.25) is 4.79 Å². The molecule has 2 aromatic rings. The molecular formula is C16H15Cl2N3O4S. The fraction of sp³-hybridized carbons (Fsp3) is 0.188. The minimum Gasteiger partial charge on any atom is -0.480 e. The fourth-order valence-corrected chi connectivity index (χ4v) is 3.22. The van der Waals surface area contributed by atoms with E-state index < -0.39 is 23.9 Å². The lowest BCUT2D eigenvalue weighted by Gasteiger charge is -2.16.